The first kappa shape index (κ1) is 15.0. The molecule has 6 nitrogen and oxygen atoms in total. The van der Waals surface area contributed by atoms with Gasteiger partial charge >= 0.3 is 0 Å². The molecular weight excluding hydrogens is 302 g/mol. The minimum Gasteiger partial charge on any atom is -0.354 e. The summed E-state index contributed by atoms with van der Waals surface area (Å²) in [5.74, 6) is 0.742. The number of para-hydroxylation sites is 2. The molecule has 0 atom stereocenters. The molecule has 1 aliphatic rings. The van der Waals surface area contributed by atoms with Crippen LogP contribution in [0.5, 0.6) is 0 Å². The van der Waals surface area contributed by atoms with Gasteiger partial charge in [0.15, 0.2) is 9.84 Å². The lowest BCUT2D eigenvalue weighted by molar-refractivity contribution is -0.121. The molecule has 1 fully saturated rings. The highest BCUT2D eigenvalue weighted by atomic mass is 32.2. The number of sulfone groups is 1. The van der Waals surface area contributed by atoms with Crippen LogP contribution < -0.4 is 5.32 Å². The van der Waals surface area contributed by atoms with Crippen molar-refractivity contribution in [1.29, 1.82) is 0 Å². The van der Waals surface area contributed by atoms with E-state index in [0.717, 1.165) is 5.52 Å². The van der Waals surface area contributed by atoms with Crippen molar-refractivity contribution in [3.63, 3.8) is 0 Å². The number of nitrogens with zero attached hydrogens (tertiary/aromatic N) is 2. The number of benzene rings is 1. The quantitative estimate of drug-likeness (QED) is 0.864. The maximum absolute atomic E-state index is 12.1. The number of nitrogens with one attached hydrogen (secondary N) is 1. The second-order valence-electron chi connectivity index (χ2n) is 5.92. The molecule has 0 radical (unpaired) electrons. The van der Waals surface area contributed by atoms with E-state index < -0.39 is 9.84 Å². The smallest absolute Gasteiger partial charge is 0.240 e. The number of rotatable bonds is 6. The Hall–Kier alpha value is -1.89. The van der Waals surface area contributed by atoms with Gasteiger partial charge in [0.2, 0.25) is 5.91 Å². The van der Waals surface area contributed by atoms with E-state index in [-0.39, 0.29) is 18.2 Å². The molecule has 118 valence electrons. The number of carbonyl (C=O) groups excluding carboxylic acids is 1. The second kappa shape index (κ2) is 5.72. The summed E-state index contributed by atoms with van der Waals surface area (Å²) < 4.78 is 24.9. The molecule has 0 aliphatic heterocycles. The Morgan fingerprint density at radius 2 is 2.09 bits per heavy atom. The van der Waals surface area contributed by atoms with Crippen LogP contribution in [0.2, 0.25) is 0 Å². The van der Waals surface area contributed by atoms with Crippen LogP contribution >= 0.6 is 0 Å². The van der Waals surface area contributed by atoms with Crippen LogP contribution in [-0.4, -0.2) is 36.7 Å². The average Bonchev–Trinajstić information content (AvgIpc) is 3.20. The van der Waals surface area contributed by atoms with E-state index in [1.54, 1.807) is 4.57 Å². The molecule has 2 aromatic rings. The van der Waals surface area contributed by atoms with E-state index in [1.807, 2.05) is 24.3 Å². The number of imidazole rings is 1. The molecule has 1 saturated carbocycles. The first-order valence-corrected chi connectivity index (χ1v) is 9.37. The molecule has 22 heavy (non-hydrogen) atoms. The van der Waals surface area contributed by atoms with Gasteiger partial charge in [-0.3, -0.25) is 4.79 Å². The van der Waals surface area contributed by atoms with Crippen LogP contribution in [0.15, 0.2) is 24.3 Å². The minimum absolute atomic E-state index is 0.0953. The largest absolute Gasteiger partial charge is 0.354 e. The normalized spacial score (nSPS) is 15.1. The average molecular weight is 321 g/mol. The number of hydrogen-bond acceptors (Lipinski definition) is 4. The molecule has 0 bridgehead atoms. The van der Waals surface area contributed by atoms with Gasteiger partial charge in [-0.1, -0.05) is 12.1 Å². The fraction of sp³-hybridized carbons (Fsp3) is 0.467. The zero-order chi connectivity index (χ0) is 15.7. The highest BCUT2D eigenvalue weighted by Crippen LogP contribution is 2.27. The van der Waals surface area contributed by atoms with Gasteiger partial charge in [-0.25, -0.2) is 13.4 Å². The molecule has 1 aliphatic carbocycles. The molecule has 0 spiro atoms. The first-order chi connectivity index (χ1) is 10.4. The van der Waals surface area contributed by atoms with E-state index in [9.17, 15) is 13.2 Å². The topological polar surface area (TPSA) is 81.1 Å². The Morgan fingerprint density at radius 3 is 2.77 bits per heavy atom. The molecule has 3 rings (SSSR count). The monoisotopic (exact) mass is 321 g/mol. The van der Waals surface area contributed by atoms with Crippen LogP contribution in [0.1, 0.15) is 18.7 Å². The van der Waals surface area contributed by atoms with Gasteiger partial charge in [0, 0.05) is 12.8 Å². The zero-order valence-corrected chi connectivity index (χ0v) is 13.3. The van der Waals surface area contributed by atoms with E-state index >= 15 is 0 Å². The van der Waals surface area contributed by atoms with Gasteiger partial charge in [0.1, 0.15) is 18.1 Å². The van der Waals surface area contributed by atoms with Crippen molar-refractivity contribution in [3.8, 4) is 0 Å². The van der Waals surface area contributed by atoms with Gasteiger partial charge in [-0.2, -0.15) is 0 Å². The Labute approximate surface area is 129 Å². The number of aromatic nitrogens is 2. The summed E-state index contributed by atoms with van der Waals surface area (Å²) in [6.45, 7) is 0.797. The van der Waals surface area contributed by atoms with Gasteiger partial charge in [-0.15, -0.1) is 0 Å². The molecule has 0 saturated heterocycles. The van der Waals surface area contributed by atoms with Crippen molar-refractivity contribution in [1.82, 2.24) is 14.9 Å². The lowest BCUT2D eigenvalue weighted by atomic mass is 10.3. The molecule has 1 N–H and O–H groups in total. The molecular formula is C15H19N3O3S. The lowest BCUT2D eigenvalue weighted by Gasteiger charge is -2.09. The molecule has 1 heterocycles. The first-order valence-electron chi connectivity index (χ1n) is 7.31. The van der Waals surface area contributed by atoms with Crippen LogP contribution in [0.4, 0.5) is 0 Å². The molecule has 1 aromatic carbocycles. The van der Waals surface area contributed by atoms with Crippen molar-refractivity contribution in [3.05, 3.63) is 30.1 Å². The second-order valence-corrected chi connectivity index (χ2v) is 8.06. The number of carbonyl (C=O) groups is 1. The third-order valence-corrected chi connectivity index (χ3v) is 4.49. The van der Waals surface area contributed by atoms with Crippen LogP contribution in [0, 0.1) is 5.92 Å². The lowest BCUT2D eigenvalue weighted by Crippen LogP contribution is -2.30. The summed E-state index contributed by atoms with van der Waals surface area (Å²) in [6, 6.07) is 7.37. The number of hydrogen-bond donors (Lipinski definition) is 1. The maximum Gasteiger partial charge on any atom is 0.240 e. The Morgan fingerprint density at radius 1 is 1.36 bits per heavy atom. The van der Waals surface area contributed by atoms with Crippen molar-refractivity contribution in [2.45, 2.75) is 25.1 Å². The van der Waals surface area contributed by atoms with Crippen LogP contribution in [0.3, 0.4) is 0 Å². The fourth-order valence-corrected chi connectivity index (χ4v) is 3.12. The summed E-state index contributed by atoms with van der Waals surface area (Å²) in [4.78, 5) is 16.5. The number of fused-ring (bicyclic) bond motifs is 1. The third kappa shape index (κ3) is 3.65. The summed E-state index contributed by atoms with van der Waals surface area (Å²) >= 11 is 0. The van der Waals surface area contributed by atoms with E-state index in [2.05, 4.69) is 10.3 Å². The third-order valence-electron chi connectivity index (χ3n) is 3.71. The Balaban J connectivity index is 1.87. The maximum atomic E-state index is 12.1. The predicted molar refractivity (Wildman–Crippen MR) is 84.0 cm³/mol. The molecule has 7 heteroatoms. The van der Waals surface area contributed by atoms with E-state index in [0.29, 0.717) is 23.8 Å². The minimum atomic E-state index is -3.21. The van der Waals surface area contributed by atoms with E-state index in [4.69, 9.17) is 0 Å². The van der Waals surface area contributed by atoms with Crippen molar-refractivity contribution in [2.24, 2.45) is 5.92 Å². The molecule has 1 amide bonds. The summed E-state index contributed by atoms with van der Waals surface area (Å²) in [5, 5.41) is 2.90. The van der Waals surface area contributed by atoms with Crippen LogP contribution in [0.25, 0.3) is 11.0 Å². The van der Waals surface area contributed by atoms with E-state index in [1.165, 1.54) is 19.1 Å². The summed E-state index contributed by atoms with van der Waals surface area (Å²) in [6.07, 6.45) is 3.52. The summed E-state index contributed by atoms with van der Waals surface area (Å²) in [5.41, 5.74) is 1.49. The SMILES string of the molecule is CS(=O)(=O)Cc1nc2ccccc2n1CC(=O)NCC1CC1. The van der Waals surface area contributed by atoms with Crippen LogP contribution in [-0.2, 0) is 26.9 Å². The summed E-state index contributed by atoms with van der Waals surface area (Å²) in [7, 11) is -3.21. The molecule has 0 unspecified atom stereocenters. The van der Waals surface area contributed by atoms with Gasteiger partial charge in [0.25, 0.3) is 0 Å². The van der Waals surface area contributed by atoms with Crippen molar-refractivity contribution >= 4 is 26.8 Å². The Bertz CT molecular complexity index is 807. The standard InChI is InChI=1S/C15H19N3O3S/c1-22(20,21)10-14-17-12-4-2-3-5-13(12)18(14)9-15(19)16-8-11-6-7-11/h2-5,11H,6-10H2,1H3,(H,16,19). The Kier molecular flexibility index (Phi) is 3.90. The van der Waals surface area contributed by atoms with Gasteiger partial charge < -0.3 is 9.88 Å². The molecule has 1 aromatic heterocycles. The number of amides is 1. The van der Waals surface area contributed by atoms with Crippen molar-refractivity contribution < 1.29 is 13.2 Å². The van der Waals surface area contributed by atoms with Crippen molar-refractivity contribution in [2.75, 3.05) is 12.8 Å². The zero-order valence-electron chi connectivity index (χ0n) is 12.4. The predicted octanol–water partition coefficient (Wildman–Crippen LogP) is 1.11. The highest BCUT2D eigenvalue weighted by molar-refractivity contribution is 7.89. The van der Waals surface area contributed by atoms with Gasteiger partial charge in [0.05, 0.1) is 11.0 Å². The highest BCUT2D eigenvalue weighted by Gasteiger charge is 2.22. The fourth-order valence-electron chi connectivity index (χ4n) is 2.43. The van der Waals surface area contributed by atoms with Gasteiger partial charge in [-0.05, 0) is 30.9 Å².